The molecule has 0 saturated carbocycles. The third kappa shape index (κ3) is 3.11. The van der Waals surface area contributed by atoms with Crippen LogP contribution < -0.4 is 5.32 Å². The summed E-state index contributed by atoms with van der Waals surface area (Å²) in [6.45, 7) is 0.115. The molecule has 0 bridgehead atoms. The van der Waals surface area contributed by atoms with E-state index in [-0.39, 0.29) is 18.6 Å². The van der Waals surface area contributed by atoms with E-state index in [4.69, 9.17) is 11.6 Å². The summed E-state index contributed by atoms with van der Waals surface area (Å²) < 4.78 is 2.03. The Morgan fingerprint density at radius 3 is 3.08 bits per heavy atom. The summed E-state index contributed by atoms with van der Waals surface area (Å²) in [5.41, 5.74) is 5.96. The van der Waals surface area contributed by atoms with Crippen molar-refractivity contribution in [1.29, 1.82) is 0 Å². The van der Waals surface area contributed by atoms with Gasteiger partial charge in [0.2, 0.25) is 0 Å². The van der Waals surface area contributed by atoms with Gasteiger partial charge in [0, 0.05) is 36.5 Å². The van der Waals surface area contributed by atoms with E-state index < -0.39 is 0 Å². The number of benzene rings is 1. The summed E-state index contributed by atoms with van der Waals surface area (Å²) in [6.07, 6.45) is 13.7. The van der Waals surface area contributed by atoms with Crippen LogP contribution in [0.2, 0.25) is 5.02 Å². The highest BCUT2D eigenvalue weighted by Crippen LogP contribution is 2.40. The number of fused-ring (bicyclic) bond motifs is 2. The summed E-state index contributed by atoms with van der Waals surface area (Å²) in [5.74, 6) is 0.0512. The molecule has 1 aromatic heterocycles. The van der Waals surface area contributed by atoms with Gasteiger partial charge >= 0.3 is 0 Å². The number of aliphatic hydroxyl groups is 1. The molecule has 1 aliphatic heterocycles. The molecular formula is C21H22ClN3O. The molecule has 2 atom stereocenters. The van der Waals surface area contributed by atoms with E-state index >= 15 is 0 Å². The lowest BCUT2D eigenvalue weighted by molar-refractivity contribution is 0.282. The summed E-state index contributed by atoms with van der Waals surface area (Å²) in [7, 11) is 2.00. The quantitative estimate of drug-likeness (QED) is 0.868. The van der Waals surface area contributed by atoms with Crippen molar-refractivity contribution < 1.29 is 5.11 Å². The van der Waals surface area contributed by atoms with Gasteiger partial charge in [0.1, 0.15) is 0 Å². The molecule has 4 nitrogen and oxygen atoms in total. The number of allylic oxidation sites excluding steroid dienone is 3. The van der Waals surface area contributed by atoms with Gasteiger partial charge in [0.15, 0.2) is 0 Å². The number of rotatable bonds is 4. The summed E-state index contributed by atoms with van der Waals surface area (Å²) >= 11 is 6.35. The molecule has 2 heterocycles. The zero-order chi connectivity index (χ0) is 18.1. The molecule has 0 spiro atoms. The molecule has 2 aliphatic rings. The fraction of sp³-hybridized carbons (Fsp3) is 0.286. The van der Waals surface area contributed by atoms with Crippen LogP contribution in [-0.4, -0.2) is 27.3 Å². The number of halogens is 1. The lowest BCUT2D eigenvalue weighted by Gasteiger charge is -2.22. The molecule has 2 unspecified atom stereocenters. The molecule has 4 rings (SSSR count). The maximum absolute atomic E-state index is 9.74. The Balaban J connectivity index is 1.91. The number of imidazole rings is 1. The molecule has 2 aromatic rings. The van der Waals surface area contributed by atoms with Gasteiger partial charge in [-0.05, 0) is 59.5 Å². The largest absolute Gasteiger partial charge is 0.396 e. The minimum Gasteiger partial charge on any atom is -0.396 e. The number of aromatic nitrogens is 2. The average Bonchev–Trinajstić information content (AvgIpc) is 2.99. The van der Waals surface area contributed by atoms with Gasteiger partial charge in [-0.25, -0.2) is 4.98 Å². The Morgan fingerprint density at radius 1 is 1.42 bits per heavy atom. The fourth-order valence-corrected chi connectivity index (χ4v) is 4.10. The summed E-state index contributed by atoms with van der Waals surface area (Å²) in [5, 5.41) is 13.9. The van der Waals surface area contributed by atoms with Crippen molar-refractivity contribution in [3.63, 3.8) is 0 Å². The molecule has 0 saturated heterocycles. The van der Waals surface area contributed by atoms with Gasteiger partial charge in [-0.2, -0.15) is 0 Å². The van der Waals surface area contributed by atoms with Gasteiger partial charge in [0.05, 0.1) is 12.4 Å². The zero-order valence-electron chi connectivity index (χ0n) is 14.7. The van der Waals surface area contributed by atoms with Crippen molar-refractivity contribution in [3.05, 3.63) is 82.6 Å². The molecule has 134 valence electrons. The predicted molar refractivity (Wildman–Crippen MR) is 105 cm³/mol. The third-order valence-corrected chi connectivity index (χ3v) is 5.45. The van der Waals surface area contributed by atoms with Crippen molar-refractivity contribution in [3.8, 4) is 0 Å². The molecule has 1 aliphatic carbocycles. The predicted octanol–water partition coefficient (Wildman–Crippen LogP) is 3.59. The van der Waals surface area contributed by atoms with E-state index in [0.29, 0.717) is 6.42 Å². The van der Waals surface area contributed by atoms with Crippen molar-refractivity contribution in [2.45, 2.75) is 24.8 Å². The van der Waals surface area contributed by atoms with Gasteiger partial charge in [-0.15, -0.1) is 0 Å². The number of nitrogens with one attached hydrogen (secondary N) is 1. The Kier molecular flexibility index (Phi) is 4.70. The van der Waals surface area contributed by atoms with Crippen molar-refractivity contribution in [2.24, 2.45) is 7.05 Å². The van der Waals surface area contributed by atoms with Crippen LogP contribution in [-0.2, 0) is 13.5 Å². The average molecular weight is 368 g/mol. The highest BCUT2D eigenvalue weighted by molar-refractivity contribution is 6.30. The van der Waals surface area contributed by atoms with Crippen LogP contribution in [0.1, 0.15) is 29.2 Å². The summed E-state index contributed by atoms with van der Waals surface area (Å²) in [4.78, 5) is 4.29. The monoisotopic (exact) mass is 367 g/mol. The van der Waals surface area contributed by atoms with Crippen molar-refractivity contribution >= 4 is 17.2 Å². The van der Waals surface area contributed by atoms with Crippen molar-refractivity contribution in [1.82, 2.24) is 14.9 Å². The molecule has 1 aromatic carbocycles. The van der Waals surface area contributed by atoms with Gasteiger partial charge in [0.25, 0.3) is 0 Å². The normalized spacial score (nSPS) is 19.6. The van der Waals surface area contributed by atoms with Crippen LogP contribution in [0, 0.1) is 0 Å². The minimum absolute atomic E-state index is 0.0512. The van der Waals surface area contributed by atoms with E-state index in [1.165, 1.54) is 16.7 Å². The van der Waals surface area contributed by atoms with Crippen LogP contribution in [0.25, 0.3) is 5.57 Å². The third-order valence-electron chi connectivity index (χ3n) is 5.22. The van der Waals surface area contributed by atoms with Crippen LogP contribution >= 0.6 is 11.6 Å². The highest BCUT2D eigenvalue weighted by Gasteiger charge is 2.28. The van der Waals surface area contributed by atoms with Crippen LogP contribution in [0.15, 0.2) is 60.7 Å². The van der Waals surface area contributed by atoms with E-state index in [1.807, 2.05) is 42.5 Å². The van der Waals surface area contributed by atoms with Crippen LogP contribution in [0.5, 0.6) is 0 Å². The molecule has 0 fully saturated rings. The Labute approximate surface area is 158 Å². The van der Waals surface area contributed by atoms with E-state index in [1.54, 1.807) is 0 Å². The standard InChI is InChI=1S/C21H22ClN3O/c1-25-13-23-12-21(25)17(6-8-26)19-9-15-3-2-7-24-20(15)10-14-4-5-16(22)11-18(14)19/h2-5,7,9,11-13,17,20,24,26H,6,8,10H2,1H3. The van der Waals surface area contributed by atoms with Crippen LogP contribution in [0.3, 0.4) is 0 Å². The number of hydrogen-bond donors (Lipinski definition) is 2. The number of hydrogen-bond acceptors (Lipinski definition) is 3. The second-order valence-electron chi connectivity index (χ2n) is 6.84. The van der Waals surface area contributed by atoms with Crippen molar-refractivity contribution in [2.75, 3.05) is 6.61 Å². The first kappa shape index (κ1) is 17.1. The highest BCUT2D eigenvalue weighted by atomic mass is 35.5. The first-order valence-corrected chi connectivity index (χ1v) is 9.25. The van der Waals surface area contributed by atoms with E-state index in [9.17, 15) is 5.11 Å². The van der Waals surface area contributed by atoms with Gasteiger partial charge in [-0.1, -0.05) is 29.8 Å². The molecule has 0 radical (unpaired) electrons. The summed E-state index contributed by atoms with van der Waals surface area (Å²) in [6, 6.07) is 6.37. The Bertz CT molecular complexity index is 910. The lowest BCUT2D eigenvalue weighted by atomic mass is 9.85. The smallest absolute Gasteiger partial charge is 0.0945 e. The van der Waals surface area contributed by atoms with Gasteiger partial charge in [-0.3, -0.25) is 0 Å². The van der Waals surface area contributed by atoms with E-state index in [0.717, 1.165) is 22.7 Å². The second-order valence-corrected chi connectivity index (χ2v) is 7.28. The Morgan fingerprint density at radius 2 is 2.31 bits per heavy atom. The first-order chi connectivity index (χ1) is 12.7. The number of aryl methyl sites for hydroxylation is 1. The van der Waals surface area contributed by atoms with Crippen LogP contribution in [0.4, 0.5) is 0 Å². The van der Waals surface area contributed by atoms with E-state index in [2.05, 4.69) is 34.6 Å². The lowest BCUT2D eigenvalue weighted by Crippen LogP contribution is -2.29. The number of aliphatic hydroxyl groups excluding tert-OH is 1. The number of dihydropyridines is 1. The maximum Gasteiger partial charge on any atom is 0.0945 e. The molecular weight excluding hydrogens is 346 g/mol. The molecule has 26 heavy (non-hydrogen) atoms. The Hall–Kier alpha value is -2.30. The molecule has 5 heteroatoms. The first-order valence-electron chi connectivity index (χ1n) is 8.87. The maximum atomic E-state index is 9.74. The minimum atomic E-state index is 0.0512. The molecule has 2 N–H and O–H groups in total. The molecule has 0 amide bonds. The second kappa shape index (κ2) is 7.14. The van der Waals surface area contributed by atoms with Gasteiger partial charge < -0.3 is 15.0 Å². The zero-order valence-corrected chi connectivity index (χ0v) is 15.4. The SMILES string of the molecule is Cn1cncc1C(CCO)C1=CC2=CC=CNC2Cc2ccc(Cl)cc21. The topological polar surface area (TPSA) is 50.1 Å². The number of nitrogens with zero attached hydrogens (tertiary/aromatic N) is 2. The fourth-order valence-electron chi connectivity index (χ4n) is 3.92.